The Kier molecular flexibility index (Phi) is 3.40. The molecule has 0 aliphatic carbocycles. The molecule has 3 atom stereocenters. The van der Waals surface area contributed by atoms with E-state index in [0.29, 0.717) is 12.1 Å². The summed E-state index contributed by atoms with van der Waals surface area (Å²) >= 11 is 0. The molecular weight excluding hydrogens is 280 g/mol. The Hall–Kier alpha value is -1.97. The van der Waals surface area contributed by atoms with Crippen molar-refractivity contribution in [3.63, 3.8) is 0 Å². The molecule has 0 radical (unpaired) electrons. The van der Waals surface area contributed by atoms with E-state index in [-0.39, 0.29) is 24.9 Å². The monoisotopic (exact) mass is 296 g/mol. The van der Waals surface area contributed by atoms with E-state index in [9.17, 15) is 14.7 Å². The largest absolute Gasteiger partial charge is 0.394 e. The summed E-state index contributed by atoms with van der Waals surface area (Å²) in [5.74, 6) is 0.247. The second kappa shape index (κ2) is 5.10. The van der Waals surface area contributed by atoms with Gasteiger partial charge in [-0.1, -0.05) is 0 Å². The second-order valence-corrected chi connectivity index (χ2v) is 5.21. The quantitative estimate of drug-likeness (QED) is 0.635. The molecule has 0 unspecified atom stereocenters. The summed E-state index contributed by atoms with van der Waals surface area (Å²) in [5, 5.41) is 21.4. The average Bonchev–Trinajstić information content (AvgIpc) is 2.81. The number of aliphatic hydroxyl groups is 2. The zero-order valence-corrected chi connectivity index (χ0v) is 11.4. The van der Waals surface area contributed by atoms with Crippen LogP contribution >= 0.6 is 0 Å². The minimum Gasteiger partial charge on any atom is -0.394 e. The van der Waals surface area contributed by atoms with E-state index in [1.165, 1.54) is 9.47 Å². The molecule has 1 aromatic heterocycles. The molecule has 0 saturated carbocycles. The van der Waals surface area contributed by atoms with Gasteiger partial charge < -0.3 is 19.8 Å². The van der Waals surface area contributed by atoms with Gasteiger partial charge in [0.05, 0.1) is 19.3 Å². The molecule has 1 fully saturated rings. The molecule has 114 valence electrons. The Bertz CT molecular complexity index is 631. The standard InChI is InChI=1S/C12H16N4O5/c1-15-3-6-4-16(9-2-7(18)8(5-17)21-9)12(20)14-10(6)13-11(15)19/h4,7-9,17-18H,2-3,5H2,1H3,(H,13,14,19,20)/t7-,8+,9+/m0/s1. The number of carbonyl (C=O) groups is 1. The fourth-order valence-electron chi connectivity index (χ4n) is 2.51. The van der Waals surface area contributed by atoms with Crippen molar-refractivity contribution >= 4 is 11.8 Å². The molecule has 2 aliphatic heterocycles. The van der Waals surface area contributed by atoms with Crippen LogP contribution in [-0.4, -0.2) is 56.6 Å². The summed E-state index contributed by atoms with van der Waals surface area (Å²) in [7, 11) is 1.63. The maximum Gasteiger partial charge on any atom is 0.351 e. The van der Waals surface area contributed by atoms with Crippen molar-refractivity contribution in [3.05, 3.63) is 22.2 Å². The maximum absolute atomic E-state index is 12.0. The van der Waals surface area contributed by atoms with E-state index < -0.39 is 24.1 Å². The summed E-state index contributed by atoms with van der Waals surface area (Å²) in [6.45, 7) is 0.0106. The zero-order valence-electron chi connectivity index (χ0n) is 11.4. The van der Waals surface area contributed by atoms with Gasteiger partial charge in [-0.2, -0.15) is 4.98 Å². The second-order valence-electron chi connectivity index (χ2n) is 5.21. The first-order valence-electron chi connectivity index (χ1n) is 6.58. The lowest BCUT2D eigenvalue weighted by Gasteiger charge is -2.26. The molecule has 2 aliphatic rings. The molecule has 9 heteroatoms. The van der Waals surface area contributed by atoms with Gasteiger partial charge in [0.1, 0.15) is 18.1 Å². The third-order valence-electron chi connectivity index (χ3n) is 3.70. The van der Waals surface area contributed by atoms with Crippen molar-refractivity contribution in [1.29, 1.82) is 0 Å². The number of rotatable bonds is 2. The molecule has 1 aromatic rings. The molecule has 3 rings (SSSR count). The minimum atomic E-state index is -0.828. The highest BCUT2D eigenvalue weighted by Crippen LogP contribution is 2.28. The van der Waals surface area contributed by atoms with Gasteiger partial charge in [0.25, 0.3) is 0 Å². The molecule has 1 saturated heterocycles. The molecule has 3 N–H and O–H groups in total. The normalized spacial score (nSPS) is 28.4. The fourth-order valence-corrected chi connectivity index (χ4v) is 2.51. The smallest absolute Gasteiger partial charge is 0.351 e. The Morgan fingerprint density at radius 3 is 2.95 bits per heavy atom. The molecule has 2 amide bonds. The Labute approximate surface area is 119 Å². The number of hydrogen-bond acceptors (Lipinski definition) is 6. The summed E-state index contributed by atoms with van der Waals surface area (Å²) in [4.78, 5) is 28.8. The molecule has 21 heavy (non-hydrogen) atoms. The van der Waals surface area contributed by atoms with Gasteiger partial charge in [-0.25, -0.2) is 9.59 Å². The van der Waals surface area contributed by atoms with Crippen LogP contribution in [0.15, 0.2) is 11.0 Å². The van der Waals surface area contributed by atoms with Crippen molar-refractivity contribution < 1.29 is 19.7 Å². The molecule has 3 heterocycles. The highest BCUT2D eigenvalue weighted by Gasteiger charge is 2.35. The number of aromatic nitrogens is 2. The van der Waals surface area contributed by atoms with E-state index in [0.717, 1.165) is 0 Å². The van der Waals surface area contributed by atoms with Crippen molar-refractivity contribution in [2.75, 3.05) is 19.0 Å². The van der Waals surface area contributed by atoms with Crippen molar-refractivity contribution in [3.8, 4) is 0 Å². The number of amides is 2. The molecule has 9 nitrogen and oxygen atoms in total. The van der Waals surface area contributed by atoms with Gasteiger partial charge in [-0.05, 0) is 0 Å². The van der Waals surface area contributed by atoms with Crippen LogP contribution in [0.1, 0.15) is 18.2 Å². The molecular formula is C12H16N4O5. The predicted octanol–water partition coefficient (Wildman–Crippen LogP) is -1.14. The van der Waals surface area contributed by atoms with Crippen LogP contribution in [0.25, 0.3) is 0 Å². The van der Waals surface area contributed by atoms with Crippen LogP contribution in [0.2, 0.25) is 0 Å². The Morgan fingerprint density at radius 2 is 2.29 bits per heavy atom. The number of nitrogens with one attached hydrogen (secondary N) is 1. The highest BCUT2D eigenvalue weighted by molar-refractivity contribution is 5.90. The summed E-state index contributed by atoms with van der Waals surface area (Å²) < 4.78 is 6.73. The topological polar surface area (TPSA) is 117 Å². The lowest BCUT2D eigenvalue weighted by atomic mass is 10.2. The zero-order chi connectivity index (χ0) is 15.1. The van der Waals surface area contributed by atoms with Gasteiger partial charge in [-0.15, -0.1) is 0 Å². The van der Waals surface area contributed by atoms with Gasteiger partial charge >= 0.3 is 11.7 Å². The summed E-state index contributed by atoms with van der Waals surface area (Å²) in [6.07, 6.45) is -0.443. The van der Waals surface area contributed by atoms with Crippen LogP contribution < -0.4 is 11.0 Å². The predicted molar refractivity (Wildman–Crippen MR) is 70.6 cm³/mol. The number of hydrogen-bond donors (Lipinski definition) is 3. The Morgan fingerprint density at radius 1 is 1.52 bits per heavy atom. The van der Waals surface area contributed by atoms with Crippen LogP contribution in [0, 0.1) is 0 Å². The fraction of sp³-hybridized carbons (Fsp3) is 0.583. The van der Waals surface area contributed by atoms with Gasteiger partial charge in [0, 0.05) is 25.2 Å². The first kappa shape index (κ1) is 14.0. The van der Waals surface area contributed by atoms with Crippen LogP contribution in [0.4, 0.5) is 10.6 Å². The van der Waals surface area contributed by atoms with E-state index in [1.807, 2.05) is 0 Å². The van der Waals surface area contributed by atoms with Gasteiger partial charge in [0.15, 0.2) is 0 Å². The number of urea groups is 1. The van der Waals surface area contributed by atoms with E-state index in [4.69, 9.17) is 9.84 Å². The third kappa shape index (κ3) is 2.39. The first-order chi connectivity index (χ1) is 9.99. The minimum absolute atomic E-state index is 0.202. The third-order valence-corrected chi connectivity index (χ3v) is 3.70. The SMILES string of the molecule is CN1Cc2cn([C@H]3C[C@H](O)[C@@H](CO)O3)c(=O)nc2NC1=O. The lowest BCUT2D eigenvalue weighted by molar-refractivity contribution is -0.0459. The summed E-state index contributed by atoms with van der Waals surface area (Å²) in [5.41, 5.74) is 0.108. The van der Waals surface area contributed by atoms with Crippen LogP contribution in [0.5, 0.6) is 0 Å². The van der Waals surface area contributed by atoms with Gasteiger partial charge in [0.2, 0.25) is 0 Å². The van der Waals surface area contributed by atoms with Crippen LogP contribution in [-0.2, 0) is 11.3 Å². The number of nitrogens with zero attached hydrogens (tertiary/aromatic N) is 3. The summed E-state index contributed by atoms with van der Waals surface area (Å²) in [6, 6.07) is -0.319. The number of anilines is 1. The average molecular weight is 296 g/mol. The molecule has 0 spiro atoms. The highest BCUT2D eigenvalue weighted by atomic mass is 16.5. The van der Waals surface area contributed by atoms with E-state index >= 15 is 0 Å². The molecule has 0 bridgehead atoms. The number of ether oxygens (including phenoxy) is 1. The first-order valence-corrected chi connectivity index (χ1v) is 6.58. The number of fused-ring (bicyclic) bond motifs is 1. The van der Waals surface area contributed by atoms with Crippen molar-refractivity contribution in [2.45, 2.75) is 31.4 Å². The number of aliphatic hydroxyl groups excluding tert-OH is 2. The van der Waals surface area contributed by atoms with Crippen molar-refractivity contribution in [1.82, 2.24) is 14.5 Å². The maximum atomic E-state index is 12.0. The van der Waals surface area contributed by atoms with E-state index in [1.54, 1.807) is 13.2 Å². The van der Waals surface area contributed by atoms with E-state index in [2.05, 4.69) is 10.3 Å². The Balaban J connectivity index is 1.93. The van der Waals surface area contributed by atoms with Gasteiger partial charge in [-0.3, -0.25) is 9.88 Å². The molecule has 0 aromatic carbocycles. The van der Waals surface area contributed by atoms with Crippen molar-refractivity contribution in [2.24, 2.45) is 0 Å². The van der Waals surface area contributed by atoms with Crippen LogP contribution in [0.3, 0.4) is 0 Å². The lowest BCUT2D eigenvalue weighted by Crippen LogP contribution is -2.39. The number of carbonyl (C=O) groups excluding carboxylic acids is 1.